The van der Waals surface area contributed by atoms with E-state index in [-0.39, 0.29) is 23.4 Å². The molecule has 0 amide bonds. The maximum Gasteiger partial charge on any atom is 0.163 e. The fourth-order valence-electron chi connectivity index (χ4n) is 2.31. The average Bonchev–Trinajstić information content (AvgIpc) is 2.54. The van der Waals surface area contributed by atoms with Crippen molar-refractivity contribution in [2.75, 3.05) is 13.2 Å². The zero-order valence-electron chi connectivity index (χ0n) is 19.0. The van der Waals surface area contributed by atoms with Crippen LogP contribution in [0.25, 0.3) is 0 Å². The Labute approximate surface area is 163 Å². The summed E-state index contributed by atoms with van der Waals surface area (Å²) >= 11 is 0. The van der Waals surface area contributed by atoms with Crippen molar-refractivity contribution in [3.8, 4) is 0 Å². The molecule has 0 aromatic heterocycles. The summed E-state index contributed by atoms with van der Waals surface area (Å²) in [6.07, 6.45) is 5.66. The predicted molar refractivity (Wildman–Crippen MR) is 109 cm³/mol. The molecular formula is C22H46O4. The summed E-state index contributed by atoms with van der Waals surface area (Å²) in [5.41, 5.74) is -0.930. The molecule has 0 saturated carbocycles. The molecule has 4 heteroatoms. The van der Waals surface area contributed by atoms with Crippen LogP contribution in [0.2, 0.25) is 0 Å². The van der Waals surface area contributed by atoms with Gasteiger partial charge in [-0.3, -0.25) is 0 Å². The Morgan fingerprint density at radius 2 is 1.27 bits per heavy atom. The van der Waals surface area contributed by atoms with Gasteiger partial charge in [-0.15, -0.1) is 0 Å². The van der Waals surface area contributed by atoms with Crippen LogP contribution in [0.3, 0.4) is 0 Å². The minimum atomic E-state index is -0.734. The SMILES string of the molecule is CCC(C)(C)OC(OCCCCCCOC(C)C(C)(O)CC)C(C)(C)C. The first-order valence-corrected chi connectivity index (χ1v) is 10.5. The third-order valence-corrected chi connectivity index (χ3v) is 5.25. The number of ether oxygens (including phenoxy) is 3. The van der Waals surface area contributed by atoms with E-state index in [1.165, 1.54) is 0 Å². The molecule has 1 N–H and O–H groups in total. The molecule has 158 valence electrons. The first kappa shape index (κ1) is 25.8. The van der Waals surface area contributed by atoms with E-state index in [0.717, 1.165) is 38.7 Å². The monoisotopic (exact) mass is 374 g/mol. The summed E-state index contributed by atoms with van der Waals surface area (Å²) in [5, 5.41) is 10.1. The van der Waals surface area contributed by atoms with Crippen LogP contribution in [-0.4, -0.2) is 41.9 Å². The predicted octanol–water partition coefficient (Wildman–Crippen LogP) is 5.71. The minimum absolute atomic E-state index is 0.0351. The Bertz CT molecular complexity index is 358. The molecule has 0 aromatic rings. The molecule has 3 unspecified atom stereocenters. The summed E-state index contributed by atoms with van der Waals surface area (Å²) in [7, 11) is 0. The van der Waals surface area contributed by atoms with Gasteiger partial charge in [-0.25, -0.2) is 0 Å². The topological polar surface area (TPSA) is 47.9 Å². The summed E-state index contributed by atoms with van der Waals surface area (Å²) in [6, 6.07) is 0. The number of hydrogen-bond donors (Lipinski definition) is 1. The van der Waals surface area contributed by atoms with Gasteiger partial charge in [0.2, 0.25) is 0 Å². The van der Waals surface area contributed by atoms with Crippen molar-refractivity contribution in [3.63, 3.8) is 0 Å². The van der Waals surface area contributed by atoms with Gasteiger partial charge in [-0.05, 0) is 53.4 Å². The largest absolute Gasteiger partial charge is 0.387 e. The summed E-state index contributed by atoms with van der Waals surface area (Å²) in [5.74, 6) is 0. The maximum atomic E-state index is 10.1. The van der Waals surface area contributed by atoms with Crippen molar-refractivity contribution < 1.29 is 19.3 Å². The fourth-order valence-corrected chi connectivity index (χ4v) is 2.31. The fraction of sp³-hybridized carbons (Fsp3) is 1.00. The lowest BCUT2D eigenvalue weighted by Gasteiger charge is -2.37. The third-order valence-electron chi connectivity index (χ3n) is 5.25. The number of aliphatic hydroxyl groups is 1. The van der Waals surface area contributed by atoms with Gasteiger partial charge in [0.1, 0.15) is 0 Å². The van der Waals surface area contributed by atoms with Crippen LogP contribution in [0.15, 0.2) is 0 Å². The Kier molecular flexibility index (Phi) is 11.6. The lowest BCUT2D eigenvalue weighted by molar-refractivity contribution is -0.243. The molecule has 0 fully saturated rings. The van der Waals surface area contributed by atoms with E-state index in [9.17, 15) is 5.11 Å². The van der Waals surface area contributed by atoms with Gasteiger partial charge in [0.25, 0.3) is 0 Å². The van der Waals surface area contributed by atoms with E-state index < -0.39 is 5.60 Å². The third kappa shape index (κ3) is 10.9. The average molecular weight is 375 g/mol. The van der Waals surface area contributed by atoms with Crippen LogP contribution in [0.5, 0.6) is 0 Å². The molecule has 0 aliphatic carbocycles. The standard InChI is InChI=1S/C22H46O4/c1-10-21(7,8)26-19(20(4,5)6)25-17-15-13-12-14-16-24-18(3)22(9,23)11-2/h18-19,23H,10-17H2,1-9H3. The van der Waals surface area contributed by atoms with Crippen molar-refractivity contribution in [2.45, 2.75) is 124 Å². The lowest BCUT2D eigenvalue weighted by Crippen LogP contribution is -2.39. The smallest absolute Gasteiger partial charge is 0.163 e. The van der Waals surface area contributed by atoms with Crippen molar-refractivity contribution >= 4 is 0 Å². The number of hydrogen-bond acceptors (Lipinski definition) is 4. The Balaban J connectivity index is 3.96. The van der Waals surface area contributed by atoms with E-state index in [1.807, 2.05) is 20.8 Å². The van der Waals surface area contributed by atoms with Crippen LogP contribution < -0.4 is 0 Å². The molecule has 0 saturated heterocycles. The van der Waals surface area contributed by atoms with E-state index in [0.29, 0.717) is 13.0 Å². The quantitative estimate of drug-likeness (QED) is 0.313. The molecular weight excluding hydrogens is 328 g/mol. The van der Waals surface area contributed by atoms with E-state index in [2.05, 4.69) is 41.5 Å². The number of unbranched alkanes of at least 4 members (excludes halogenated alkanes) is 3. The van der Waals surface area contributed by atoms with Gasteiger partial charge >= 0.3 is 0 Å². The van der Waals surface area contributed by atoms with E-state index >= 15 is 0 Å². The molecule has 0 aliphatic rings. The van der Waals surface area contributed by atoms with Gasteiger partial charge in [-0.1, -0.05) is 47.5 Å². The molecule has 0 aromatic carbocycles. The Morgan fingerprint density at radius 1 is 0.769 bits per heavy atom. The van der Waals surface area contributed by atoms with E-state index in [4.69, 9.17) is 14.2 Å². The highest BCUT2D eigenvalue weighted by molar-refractivity contribution is 4.78. The highest BCUT2D eigenvalue weighted by Gasteiger charge is 2.31. The molecule has 26 heavy (non-hydrogen) atoms. The summed E-state index contributed by atoms with van der Waals surface area (Å²) in [4.78, 5) is 0. The molecule has 0 heterocycles. The molecule has 0 radical (unpaired) electrons. The highest BCUT2D eigenvalue weighted by Crippen LogP contribution is 2.29. The zero-order valence-corrected chi connectivity index (χ0v) is 19.0. The van der Waals surface area contributed by atoms with Gasteiger partial charge in [0.05, 0.1) is 17.3 Å². The molecule has 0 rings (SSSR count). The molecule has 0 spiro atoms. The second-order valence-corrected chi connectivity index (χ2v) is 9.44. The van der Waals surface area contributed by atoms with Gasteiger partial charge in [0.15, 0.2) is 6.29 Å². The number of rotatable bonds is 14. The van der Waals surface area contributed by atoms with Crippen molar-refractivity contribution in [3.05, 3.63) is 0 Å². The van der Waals surface area contributed by atoms with E-state index in [1.54, 1.807) is 0 Å². The van der Waals surface area contributed by atoms with Crippen LogP contribution in [0.1, 0.15) is 101 Å². The maximum absolute atomic E-state index is 10.1. The molecule has 0 aliphatic heterocycles. The molecule has 3 atom stereocenters. The minimum Gasteiger partial charge on any atom is -0.387 e. The van der Waals surface area contributed by atoms with Crippen LogP contribution in [-0.2, 0) is 14.2 Å². The lowest BCUT2D eigenvalue weighted by atomic mass is 9.95. The van der Waals surface area contributed by atoms with Crippen molar-refractivity contribution in [2.24, 2.45) is 5.41 Å². The van der Waals surface area contributed by atoms with Crippen molar-refractivity contribution in [1.82, 2.24) is 0 Å². The van der Waals surface area contributed by atoms with Crippen LogP contribution in [0, 0.1) is 5.41 Å². The van der Waals surface area contributed by atoms with Gasteiger partial charge in [-0.2, -0.15) is 0 Å². The summed E-state index contributed by atoms with van der Waals surface area (Å²) in [6.45, 7) is 20.1. The normalized spacial score (nSPS) is 17.8. The Hall–Kier alpha value is -0.160. The molecule has 0 bridgehead atoms. The Morgan fingerprint density at radius 3 is 1.69 bits per heavy atom. The van der Waals surface area contributed by atoms with Crippen LogP contribution in [0.4, 0.5) is 0 Å². The highest BCUT2D eigenvalue weighted by atomic mass is 16.7. The first-order valence-electron chi connectivity index (χ1n) is 10.5. The summed E-state index contributed by atoms with van der Waals surface area (Å²) < 4.78 is 18.0. The van der Waals surface area contributed by atoms with Gasteiger partial charge in [0, 0.05) is 18.6 Å². The zero-order chi connectivity index (χ0) is 20.4. The second kappa shape index (κ2) is 11.6. The van der Waals surface area contributed by atoms with Gasteiger partial charge < -0.3 is 19.3 Å². The molecule has 4 nitrogen and oxygen atoms in total. The van der Waals surface area contributed by atoms with Crippen LogP contribution >= 0.6 is 0 Å². The first-order chi connectivity index (χ1) is 11.9. The van der Waals surface area contributed by atoms with Crippen molar-refractivity contribution in [1.29, 1.82) is 0 Å². The second-order valence-electron chi connectivity index (χ2n) is 9.44.